The van der Waals surface area contributed by atoms with Crippen LogP contribution in [-0.2, 0) is 4.74 Å². The fraction of sp³-hybridized carbons (Fsp3) is 0.321. The number of aromatic amines is 1. The van der Waals surface area contributed by atoms with Crippen LogP contribution in [0.25, 0.3) is 17.0 Å². The smallest absolute Gasteiger partial charge is 0.130 e. The van der Waals surface area contributed by atoms with Gasteiger partial charge in [-0.2, -0.15) is 5.10 Å². The van der Waals surface area contributed by atoms with Crippen LogP contribution in [0.1, 0.15) is 36.3 Å². The number of nitrogens with zero attached hydrogens (tertiary/aromatic N) is 4. The molecule has 1 atom stereocenters. The fourth-order valence-electron chi connectivity index (χ4n) is 4.55. The highest BCUT2D eigenvalue weighted by Gasteiger charge is 2.17. The molecule has 1 saturated heterocycles. The maximum atomic E-state index is 15.3. The summed E-state index contributed by atoms with van der Waals surface area (Å²) in [6.45, 7) is 7.84. The third-order valence-corrected chi connectivity index (χ3v) is 6.82. The Morgan fingerprint density at radius 3 is 2.95 bits per heavy atom. The molecule has 0 radical (unpaired) electrons. The monoisotopic (exact) mass is 521 g/mol. The number of pyridine rings is 1. The van der Waals surface area contributed by atoms with E-state index in [2.05, 4.69) is 25.1 Å². The van der Waals surface area contributed by atoms with Gasteiger partial charge in [-0.05, 0) is 56.2 Å². The molecule has 2 aliphatic heterocycles. The molecule has 4 heterocycles. The summed E-state index contributed by atoms with van der Waals surface area (Å²) in [5.74, 6) is 0.281. The number of aliphatic imine (C=N–C) groups is 1. The zero-order chi connectivity index (χ0) is 25.8. The van der Waals surface area contributed by atoms with Crippen LogP contribution < -0.4 is 4.74 Å². The number of fused-ring (bicyclic) bond motifs is 1. The summed E-state index contributed by atoms with van der Waals surface area (Å²) in [5, 5.41) is 8.59. The molecule has 0 aliphatic carbocycles. The van der Waals surface area contributed by atoms with Gasteiger partial charge in [0.15, 0.2) is 0 Å². The summed E-state index contributed by atoms with van der Waals surface area (Å²) in [7, 11) is 0. The molecule has 0 amide bonds. The van der Waals surface area contributed by atoms with Crippen molar-refractivity contribution in [3.63, 3.8) is 0 Å². The van der Waals surface area contributed by atoms with Crippen molar-refractivity contribution in [2.75, 3.05) is 32.8 Å². The predicted octanol–water partition coefficient (Wildman–Crippen LogP) is 5.99. The summed E-state index contributed by atoms with van der Waals surface area (Å²) < 4.78 is 26.9. The number of hydrogen-bond donors (Lipinski definition) is 1. The van der Waals surface area contributed by atoms with Crippen LogP contribution in [0, 0.1) is 6.92 Å². The van der Waals surface area contributed by atoms with Crippen molar-refractivity contribution in [2.45, 2.75) is 26.4 Å². The molecule has 1 N–H and O–H groups in total. The van der Waals surface area contributed by atoms with E-state index >= 15 is 4.39 Å². The second kappa shape index (κ2) is 11.4. The van der Waals surface area contributed by atoms with E-state index in [1.807, 2.05) is 44.2 Å². The van der Waals surface area contributed by atoms with Crippen molar-refractivity contribution in [2.24, 2.45) is 4.99 Å². The number of benzene rings is 1. The van der Waals surface area contributed by atoms with E-state index in [1.165, 1.54) is 6.08 Å². The Hall–Kier alpha value is -3.33. The van der Waals surface area contributed by atoms with Crippen LogP contribution in [0.15, 0.2) is 65.3 Å². The third-order valence-electron chi connectivity index (χ3n) is 6.51. The molecule has 9 heteroatoms. The molecule has 5 rings (SSSR count). The first-order valence-corrected chi connectivity index (χ1v) is 12.7. The number of morpholine rings is 1. The maximum Gasteiger partial charge on any atom is 0.130 e. The van der Waals surface area contributed by atoms with E-state index in [0.717, 1.165) is 60.6 Å². The molecule has 1 fully saturated rings. The molecule has 1 aromatic carbocycles. The number of hydrogen-bond acceptors (Lipinski definition) is 6. The van der Waals surface area contributed by atoms with Gasteiger partial charge in [-0.15, -0.1) is 0 Å². The van der Waals surface area contributed by atoms with Gasteiger partial charge in [-0.3, -0.25) is 20.0 Å². The molecule has 1 unspecified atom stereocenters. The molecule has 0 saturated carbocycles. The zero-order valence-electron chi connectivity index (χ0n) is 20.9. The molecule has 2 aliphatic rings. The first-order chi connectivity index (χ1) is 18.0. The summed E-state index contributed by atoms with van der Waals surface area (Å²) >= 11 is 6.36. The number of H-pyrrole nitrogens is 1. The van der Waals surface area contributed by atoms with E-state index in [-0.39, 0.29) is 11.9 Å². The molecular weight excluding hydrogens is 493 g/mol. The van der Waals surface area contributed by atoms with Crippen molar-refractivity contribution < 1.29 is 13.9 Å². The van der Waals surface area contributed by atoms with Crippen molar-refractivity contribution in [3.05, 3.63) is 82.2 Å². The lowest BCUT2D eigenvalue weighted by atomic mass is 10.1. The highest BCUT2D eigenvalue weighted by atomic mass is 35.5. The van der Waals surface area contributed by atoms with Gasteiger partial charge in [-0.1, -0.05) is 17.7 Å². The van der Waals surface area contributed by atoms with E-state index < -0.39 is 0 Å². The Bertz CT molecular complexity index is 1380. The van der Waals surface area contributed by atoms with Gasteiger partial charge in [0, 0.05) is 54.8 Å². The Morgan fingerprint density at radius 1 is 1.30 bits per heavy atom. The zero-order valence-corrected chi connectivity index (χ0v) is 21.6. The molecular formula is C28H29ClFN5O2. The van der Waals surface area contributed by atoms with Gasteiger partial charge >= 0.3 is 0 Å². The maximum absolute atomic E-state index is 15.3. The number of aromatic nitrogens is 3. The van der Waals surface area contributed by atoms with E-state index in [9.17, 15) is 0 Å². The Balaban J connectivity index is 1.34. The summed E-state index contributed by atoms with van der Waals surface area (Å²) in [6, 6.07) is 5.55. The summed E-state index contributed by atoms with van der Waals surface area (Å²) in [4.78, 5) is 11.0. The number of aryl methyl sites for hydroxylation is 1. The Morgan fingerprint density at radius 2 is 2.14 bits per heavy atom. The normalized spacial score (nSPS) is 17.9. The topological polar surface area (TPSA) is 75.6 Å². The SMILES string of the molecule is Cc1cncc(Cl)c1C(C)Oc1ccc2n[nH]c(/C=C(\F)C3=CN=C(CN4CCOCC4)C=CC3)c2c1. The van der Waals surface area contributed by atoms with Crippen LogP contribution in [0.3, 0.4) is 0 Å². The van der Waals surface area contributed by atoms with Crippen LogP contribution >= 0.6 is 11.6 Å². The number of nitrogens with one attached hydrogen (secondary N) is 1. The van der Waals surface area contributed by atoms with E-state index in [4.69, 9.17) is 21.1 Å². The van der Waals surface area contributed by atoms with Crippen LogP contribution in [0.2, 0.25) is 5.02 Å². The minimum atomic E-state index is -0.356. The van der Waals surface area contributed by atoms with Crippen molar-refractivity contribution in [3.8, 4) is 5.75 Å². The summed E-state index contributed by atoms with van der Waals surface area (Å²) in [6.07, 6.45) is 10.6. The Labute approximate surface area is 220 Å². The van der Waals surface area contributed by atoms with Gasteiger partial charge in [0.2, 0.25) is 0 Å². The fourth-order valence-corrected chi connectivity index (χ4v) is 4.91. The second-order valence-electron chi connectivity index (χ2n) is 9.19. The number of rotatable bonds is 7. The minimum Gasteiger partial charge on any atom is -0.486 e. The molecule has 0 bridgehead atoms. The molecule has 192 valence electrons. The molecule has 0 spiro atoms. The highest BCUT2D eigenvalue weighted by Crippen LogP contribution is 2.32. The van der Waals surface area contributed by atoms with Gasteiger partial charge < -0.3 is 9.47 Å². The van der Waals surface area contributed by atoms with Gasteiger partial charge in [0.05, 0.1) is 35.2 Å². The number of ether oxygens (including phenoxy) is 2. The van der Waals surface area contributed by atoms with Crippen molar-refractivity contribution >= 4 is 34.3 Å². The standard InChI is InChI=1S/C28H29ClFN5O2/c1-18-14-31-16-24(29)28(18)19(2)37-22-6-7-26-23(12-22)27(34-33-26)13-25(30)20-4-3-5-21(32-15-20)17-35-8-10-36-11-9-35/h3,5-7,12-16,19H,4,8-11,17H2,1-2H3,(H,33,34)/b25-13-. The largest absolute Gasteiger partial charge is 0.486 e. The van der Waals surface area contributed by atoms with E-state index in [0.29, 0.717) is 28.5 Å². The second-order valence-corrected chi connectivity index (χ2v) is 9.60. The quantitative estimate of drug-likeness (QED) is 0.413. The average Bonchev–Trinajstić information content (AvgIpc) is 3.12. The lowest BCUT2D eigenvalue weighted by Crippen LogP contribution is -2.39. The van der Waals surface area contributed by atoms with Gasteiger partial charge in [-0.25, -0.2) is 4.39 Å². The molecule has 7 nitrogen and oxygen atoms in total. The Kier molecular flexibility index (Phi) is 7.79. The van der Waals surface area contributed by atoms with Crippen molar-refractivity contribution in [1.29, 1.82) is 0 Å². The van der Waals surface area contributed by atoms with Crippen LogP contribution in [0.5, 0.6) is 5.75 Å². The third kappa shape index (κ3) is 5.98. The first-order valence-electron chi connectivity index (χ1n) is 12.3. The molecule has 37 heavy (non-hydrogen) atoms. The molecule has 3 aromatic rings. The summed E-state index contributed by atoms with van der Waals surface area (Å²) in [5.41, 5.74) is 4.55. The lowest BCUT2D eigenvalue weighted by Gasteiger charge is -2.26. The predicted molar refractivity (Wildman–Crippen MR) is 145 cm³/mol. The highest BCUT2D eigenvalue weighted by molar-refractivity contribution is 6.31. The molecule has 2 aromatic heterocycles. The average molecular weight is 522 g/mol. The minimum absolute atomic E-state index is 0.289. The van der Waals surface area contributed by atoms with Crippen LogP contribution in [-0.4, -0.2) is 58.6 Å². The lowest BCUT2D eigenvalue weighted by molar-refractivity contribution is 0.0454. The van der Waals surface area contributed by atoms with Gasteiger partial charge in [0.25, 0.3) is 0 Å². The number of halogens is 2. The van der Waals surface area contributed by atoms with Crippen LogP contribution in [0.4, 0.5) is 4.39 Å². The first kappa shape index (κ1) is 25.3. The number of allylic oxidation sites excluding steroid dienone is 3. The van der Waals surface area contributed by atoms with E-state index in [1.54, 1.807) is 18.6 Å². The van der Waals surface area contributed by atoms with Crippen molar-refractivity contribution in [1.82, 2.24) is 20.1 Å². The van der Waals surface area contributed by atoms with Gasteiger partial charge in [0.1, 0.15) is 17.7 Å².